The molecule has 0 saturated heterocycles. The number of carbonyl (C=O) groups excluding carboxylic acids is 6. The lowest BCUT2D eigenvalue weighted by Crippen LogP contribution is -2.43. The summed E-state index contributed by atoms with van der Waals surface area (Å²) in [4.78, 5) is 62.4. The van der Waals surface area contributed by atoms with E-state index in [1.165, 1.54) is 25.0 Å². The number of halogens is 2. The number of esters is 2. The van der Waals surface area contributed by atoms with Crippen molar-refractivity contribution in [3.05, 3.63) is 108 Å². The van der Waals surface area contributed by atoms with Crippen LogP contribution in [-0.4, -0.2) is 83.5 Å². The van der Waals surface area contributed by atoms with Crippen LogP contribution in [0.2, 0.25) is 23.2 Å². The van der Waals surface area contributed by atoms with Gasteiger partial charge < -0.3 is 29.2 Å². The molecule has 0 spiro atoms. The first-order chi connectivity index (χ1) is 34.4. The summed E-state index contributed by atoms with van der Waals surface area (Å²) in [6.45, 7) is 22.3. The van der Waals surface area contributed by atoms with Gasteiger partial charge in [0, 0.05) is 30.4 Å². The number of cyclic esters (lactones) is 2. The molecule has 15 heteroatoms. The number of aliphatic hydroxyl groups is 1. The average Bonchev–Trinajstić information content (AvgIpc) is 4.26. The Morgan fingerprint density at radius 3 is 2.01 bits per heavy atom. The number of allylic oxidation sites excluding steroid dienone is 12. The Hall–Kier alpha value is -5.31. The number of aldehydes is 1. The number of rotatable bonds is 7. The number of ketones is 1. The second kappa shape index (κ2) is 34.2. The number of aromatic hydroxyl groups is 2. The van der Waals surface area contributed by atoms with Gasteiger partial charge in [0.25, 0.3) is 0 Å². The molecule has 0 bridgehead atoms. The van der Waals surface area contributed by atoms with Crippen LogP contribution in [0.1, 0.15) is 109 Å². The van der Waals surface area contributed by atoms with Crippen LogP contribution in [0.25, 0.3) is 0 Å². The number of alkyl halides is 1. The third-order valence-corrected chi connectivity index (χ3v) is 17.8. The molecule has 398 valence electrons. The highest BCUT2D eigenvalue weighted by atomic mass is 79.9. The van der Waals surface area contributed by atoms with Crippen LogP contribution in [0, 0.1) is 59.7 Å². The van der Waals surface area contributed by atoms with Gasteiger partial charge in [-0.25, -0.2) is 9.59 Å². The largest absolute Gasteiger partial charge is 0.507 e. The fourth-order valence-electron chi connectivity index (χ4n) is 7.45. The highest BCUT2D eigenvalue weighted by molar-refractivity contribution is 9.09. The molecule has 3 saturated carbocycles. The number of hydrogen-bond donors (Lipinski definition) is 3. The van der Waals surface area contributed by atoms with Gasteiger partial charge in [-0.2, -0.15) is 9.59 Å². The Kier molecular flexibility index (Phi) is 30.8. The smallest absolute Gasteiger partial charge is 0.384 e. The first kappa shape index (κ1) is 65.7. The number of terminal acetylenes is 1. The first-order valence-electron chi connectivity index (χ1n) is 24.5. The molecule has 73 heavy (non-hydrogen) atoms. The van der Waals surface area contributed by atoms with Crippen LogP contribution >= 0.6 is 27.5 Å². The van der Waals surface area contributed by atoms with Crippen LogP contribution in [0.3, 0.4) is 0 Å². The SMILES string of the molecule is C#CCBr.C/C=C/C=C/C=O.C=C[C@H]1C[C@@H]1C[C@H](C)O.C[C@@H]1C[C@H]2C[C@@H]2/C=C\C=C\C(=O)Cc2c(Cl)c(O)cc(O)c2C(=O)O1.C[C@@H]1C[C@H]2C[C@@H]2/C=C\C=C\C(O[Si](C)(C)C(C)(C)C)CC#CC(=O)O1.O=C=O. The Morgan fingerprint density at radius 2 is 1.51 bits per heavy atom. The van der Waals surface area contributed by atoms with Crippen molar-refractivity contribution < 1.29 is 58.0 Å². The van der Waals surface area contributed by atoms with Gasteiger partial charge in [0.1, 0.15) is 29.5 Å². The van der Waals surface area contributed by atoms with Crippen LogP contribution in [0.5, 0.6) is 11.5 Å². The molecule has 2 aliphatic heterocycles. The van der Waals surface area contributed by atoms with Gasteiger partial charge in [-0.05, 0) is 132 Å². The summed E-state index contributed by atoms with van der Waals surface area (Å²) in [7, 11) is -1.89. The van der Waals surface area contributed by atoms with E-state index in [0.29, 0.717) is 41.3 Å². The van der Waals surface area contributed by atoms with E-state index in [-0.39, 0.29) is 64.0 Å². The van der Waals surface area contributed by atoms with Gasteiger partial charge in [0.2, 0.25) is 0 Å². The average molecular weight is 1110 g/mol. The normalized spacial score (nSPS) is 27.1. The quantitative estimate of drug-likeness (QED) is 0.0270. The maximum atomic E-state index is 12.5. The molecule has 3 fully saturated rings. The number of hydrogen-bond acceptors (Lipinski definition) is 12. The minimum absolute atomic E-state index is 0.0661. The summed E-state index contributed by atoms with van der Waals surface area (Å²) in [6, 6.07) is 0.982. The molecule has 0 amide bonds. The van der Waals surface area contributed by atoms with Gasteiger partial charge in [-0.1, -0.05) is 127 Å². The Morgan fingerprint density at radius 1 is 0.945 bits per heavy atom. The molecule has 2 heterocycles. The molecule has 1 aromatic rings. The van der Waals surface area contributed by atoms with E-state index in [1.807, 2.05) is 45.1 Å². The molecule has 6 rings (SSSR count). The van der Waals surface area contributed by atoms with Crippen molar-refractivity contribution in [2.24, 2.45) is 35.5 Å². The zero-order valence-corrected chi connectivity index (χ0v) is 47.2. The third kappa shape index (κ3) is 27.0. The minimum Gasteiger partial charge on any atom is -0.507 e. The highest BCUT2D eigenvalue weighted by Crippen LogP contribution is 2.45. The van der Waals surface area contributed by atoms with Crippen LogP contribution in [-0.2, 0) is 44.3 Å². The lowest BCUT2D eigenvalue weighted by Gasteiger charge is -2.38. The standard InChI is InChI=1S/C21H32O3Si.C19H19ClO5.C8H14O.C6H8O.C3H3Br.CO2/c1-16-14-18-15-17(18)10-7-8-11-19(12-9-13-20(22)23-16)24-25(5,6)21(2,3)4;1-10-6-12-7-11(12)4-2-3-5-13(21)8-14-17(19(24)25-10)15(22)9-16(23)18(14)20;1-3-7-5-8(7)4-6(2)9;1-2-3-4-5-6-7;1-2-3-4;2-1-3/h7-8,10-11,16-19H,12,14-15H2,1-6H3;2-5,9-12,22-23H,6-8H2,1H3;3,6-9H,1,4-5H2,2H3;2-6H,1H3;1H,3H2;/b10-7-,11-8+;4-2-,5-3+;;3-2+,5-4+;;/t16-,17+,18+,19?;10-,11+,12+;6-,7-,8-;;;/m110.../s1. The second-order valence-electron chi connectivity index (χ2n) is 19.8. The Labute approximate surface area is 448 Å². The molecule has 12 nitrogen and oxygen atoms in total. The number of benzene rings is 1. The number of ether oxygens (including phenoxy) is 2. The summed E-state index contributed by atoms with van der Waals surface area (Å²) in [5.41, 5.74) is -0.104. The molecule has 3 N–H and O–H groups in total. The minimum atomic E-state index is -1.89. The predicted molar refractivity (Wildman–Crippen MR) is 293 cm³/mol. The summed E-state index contributed by atoms with van der Waals surface area (Å²) >= 11 is 9.08. The molecular formula is C58H76BrClO12Si. The van der Waals surface area contributed by atoms with Gasteiger partial charge in [-0.3, -0.25) is 9.59 Å². The topological polar surface area (TPSA) is 191 Å². The molecule has 10 atom stereocenters. The lowest BCUT2D eigenvalue weighted by atomic mass is 10.00. The fraction of sp³-hybridized carbons (Fsp3) is 0.500. The van der Waals surface area contributed by atoms with Crippen LogP contribution in [0.15, 0.2) is 91.6 Å². The number of fused-ring (bicyclic) bond motifs is 3. The number of aliphatic hydroxyl groups excluding tert-OH is 1. The van der Waals surface area contributed by atoms with Crippen molar-refractivity contribution in [1.82, 2.24) is 0 Å². The van der Waals surface area contributed by atoms with Gasteiger partial charge in [0.15, 0.2) is 14.1 Å². The number of phenols is 2. The predicted octanol–water partition coefficient (Wildman–Crippen LogP) is 11.7. The molecule has 0 radical (unpaired) electrons. The molecule has 1 aromatic carbocycles. The van der Waals surface area contributed by atoms with E-state index >= 15 is 0 Å². The van der Waals surface area contributed by atoms with E-state index in [1.54, 1.807) is 25.2 Å². The Bertz CT molecular complexity index is 2300. The molecule has 1 unspecified atom stereocenters. The second-order valence-corrected chi connectivity index (χ2v) is 25.5. The van der Waals surface area contributed by atoms with Crippen molar-refractivity contribution in [2.75, 3.05) is 5.33 Å². The van der Waals surface area contributed by atoms with Crippen molar-refractivity contribution >= 4 is 66.0 Å². The van der Waals surface area contributed by atoms with E-state index in [0.717, 1.165) is 44.0 Å². The highest BCUT2D eigenvalue weighted by Gasteiger charge is 2.40. The lowest BCUT2D eigenvalue weighted by molar-refractivity contribution is -0.191. The monoisotopic (exact) mass is 1110 g/mol. The molecule has 5 aliphatic rings. The third-order valence-electron chi connectivity index (χ3n) is 12.5. The van der Waals surface area contributed by atoms with Crippen molar-refractivity contribution in [2.45, 2.75) is 142 Å². The number of carbonyl (C=O) groups is 4. The van der Waals surface area contributed by atoms with Crippen molar-refractivity contribution in [3.8, 4) is 35.7 Å². The zero-order valence-electron chi connectivity index (χ0n) is 43.9. The van der Waals surface area contributed by atoms with Gasteiger partial charge >= 0.3 is 18.1 Å². The van der Waals surface area contributed by atoms with E-state index in [9.17, 15) is 29.4 Å². The first-order valence-corrected chi connectivity index (χ1v) is 28.9. The molecule has 3 aliphatic carbocycles. The van der Waals surface area contributed by atoms with Crippen molar-refractivity contribution in [1.29, 1.82) is 0 Å². The number of phenolic OH excluding ortho intramolecular Hbond substituents is 2. The van der Waals surface area contributed by atoms with E-state index in [2.05, 4.69) is 98.4 Å². The summed E-state index contributed by atoms with van der Waals surface area (Å²) in [5.74, 6) is 9.17. The molecular weight excluding hydrogens is 1030 g/mol. The zero-order chi connectivity index (χ0) is 55.3. The van der Waals surface area contributed by atoms with Crippen LogP contribution in [0.4, 0.5) is 0 Å². The van der Waals surface area contributed by atoms with Crippen LogP contribution < -0.4 is 0 Å². The van der Waals surface area contributed by atoms with Crippen molar-refractivity contribution in [3.63, 3.8) is 0 Å². The fourth-order valence-corrected chi connectivity index (χ4v) is 8.94. The van der Waals surface area contributed by atoms with Gasteiger partial charge in [0.05, 0.1) is 28.7 Å². The summed E-state index contributed by atoms with van der Waals surface area (Å²) in [6.07, 6.45) is 35.7. The summed E-state index contributed by atoms with van der Waals surface area (Å²) in [5, 5.41) is 29.5. The maximum Gasteiger partial charge on any atom is 0.384 e. The van der Waals surface area contributed by atoms with E-state index < -0.39 is 31.8 Å². The Balaban J connectivity index is 0.000000514. The molecule has 0 aromatic heterocycles. The summed E-state index contributed by atoms with van der Waals surface area (Å²) < 4.78 is 17.3. The van der Waals surface area contributed by atoms with Gasteiger partial charge in [-0.15, -0.1) is 13.0 Å². The van der Waals surface area contributed by atoms with E-state index in [4.69, 9.17) is 46.6 Å². The maximum absolute atomic E-state index is 12.5.